The zero-order valence-corrected chi connectivity index (χ0v) is 19.8. The molecule has 0 saturated heterocycles. The Morgan fingerprint density at radius 2 is 1.10 bits per heavy atom. The topological polar surface area (TPSA) is 71.1 Å². The van der Waals surface area contributed by atoms with Gasteiger partial charge in [0.1, 0.15) is 34.6 Å². The van der Waals surface area contributed by atoms with Crippen LogP contribution in [0.25, 0.3) is 22.3 Å². The molecule has 0 aliphatic carbocycles. The Kier molecular flexibility index (Phi) is 6.41. The fourth-order valence-electron chi connectivity index (χ4n) is 4.29. The molecule has 2 aliphatic rings. The predicted molar refractivity (Wildman–Crippen MR) is 121 cm³/mol. The second kappa shape index (κ2) is 9.48. The molecule has 13 heteroatoms. The number of carbonyl (C=O) groups excluding carboxylic acids is 2. The van der Waals surface area contributed by atoms with E-state index in [0.29, 0.717) is 12.1 Å². The Balaban J connectivity index is 0.00000308. The molecular weight excluding hydrogens is 521 g/mol. The van der Waals surface area contributed by atoms with Gasteiger partial charge in [0.2, 0.25) is 0 Å². The molecule has 6 rings (SSSR count). The van der Waals surface area contributed by atoms with E-state index in [2.05, 4.69) is 0 Å². The van der Waals surface area contributed by atoms with E-state index in [1.54, 1.807) is 0 Å². The van der Waals surface area contributed by atoms with Crippen LogP contribution in [0.4, 0.5) is 22.0 Å². The molecule has 4 aromatic carbocycles. The molecule has 0 aromatic heterocycles. The van der Waals surface area contributed by atoms with Gasteiger partial charge in [-0.25, -0.2) is 22.0 Å². The second-order valence-electron chi connectivity index (χ2n) is 8.38. The van der Waals surface area contributed by atoms with Crippen LogP contribution in [-0.2, 0) is 9.31 Å². The number of hydrogen-bond donors (Lipinski definition) is 0. The fourth-order valence-corrected chi connectivity index (χ4v) is 4.29. The molecule has 1 unspecified atom stereocenters. The fraction of sp³-hybridized carbons (Fsp3) is 0. The van der Waals surface area contributed by atoms with E-state index >= 15 is 4.39 Å². The van der Waals surface area contributed by atoms with Crippen LogP contribution in [0.15, 0.2) is 66.7 Å². The zero-order valence-electron chi connectivity index (χ0n) is 19.8. The van der Waals surface area contributed by atoms with Crippen LogP contribution in [0.1, 0.15) is 20.7 Å². The SMILES string of the molecule is O=C1O[B-]2(OC(=O)c3c(ccc(-c4ccc(F)cc4F)c3F)O2)Oc2ccc(-c3ccc(F)cc3F)cc21.[Li+]. The summed E-state index contributed by atoms with van der Waals surface area (Å²) in [4.78, 5) is 25.6. The second-order valence-corrected chi connectivity index (χ2v) is 8.38. The number of carbonyl (C=O) groups is 2. The van der Waals surface area contributed by atoms with Crippen molar-refractivity contribution in [2.45, 2.75) is 0 Å². The van der Waals surface area contributed by atoms with Gasteiger partial charge in [0, 0.05) is 28.8 Å². The van der Waals surface area contributed by atoms with Gasteiger partial charge in [-0.3, -0.25) is 9.59 Å². The number of hydrogen-bond acceptors (Lipinski definition) is 6. The molecule has 6 nitrogen and oxygen atoms in total. The molecule has 0 amide bonds. The molecule has 1 atom stereocenters. The van der Waals surface area contributed by atoms with Crippen molar-refractivity contribution in [3.05, 3.63) is 107 Å². The summed E-state index contributed by atoms with van der Waals surface area (Å²) < 4.78 is 91.5. The number of benzene rings is 4. The van der Waals surface area contributed by atoms with Crippen LogP contribution >= 0.6 is 0 Å². The van der Waals surface area contributed by atoms with Crippen LogP contribution in [0.5, 0.6) is 11.5 Å². The first kappa shape index (κ1) is 26.3. The first-order valence-corrected chi connectivity index (χ1v) is 11.0. The van der Waals surface area contributed by atoms with Crippen molar-refractivity contribution in [3.8, 4) is 33.8 Å². The maximum Gasteiger partial charge on any atom is 1.00 e. The third-order valence-corrected chi connectivity index (χ3v) is 6.02. The monoisotopic (exact) mass is 532 g/mol. The standard InChI is InChI=1S/C26H11BF5O6.Li/c28-13-2-4-15(19(30)10-13)12-1-7-21-18(9-12)25(33)37-27(35-21)36-22-8-6-17(24(32)23(22)26(34)38-27)16-5-3-14(29)11-20(16)31;/h1-11H;/q-1;+1. The van der Waals surface area contributed by atoms with Gasteiger partial charge in [-0.1, -0.05) is 6.07 Å². The van der Waals surface area contributed by atoms with Crippen LogP contribution in [0, 0.1) is 29.1 Å². The average Bonchev–Trinajstić information content (AvgIpc) is 2.84. The first-order valence-electron chi connectivity index (χ1n) is 11.0. The summed E-state index contributed by atoms with van der Waals surface area (Å²) in [5.74, 6) is -7.72. The van der Waals surface area contributed by atoms with Crippen LogP contribution < -0.4 is 28.2 Å². The van der Waals surface area contributed by atoms with Gasteiger partial charge >= 0.3 is 37.8 Å². The Bertz CT molecular complexity index is 1700. The Morgan fingerprint density at radius 3 is 1.77 bits per heavy atom. The van der Waals surface area contributed by atoms with Gasteiger partial charge < -0.3 is 18.6 Å². The molecule has 2 heterocycles. The predicted octanol–water partition coefficient (Wildman–Crippen LogP) is 2.95. The molecule has 39 heavy (non-hydrogen) atoms. The van der Waals surface area contributed by atoms with Gasteiger partial charge in [0.15, 0.2) is 0 Å². The maximum atomic E-state index is 15.3. The van der Waals surface area contributed by atoms with E-state index in [0.717, 1.165) is 30.3 Å². The van der Waals surface area contributed by atoms with Gasteiger partial charge in [0.25, 0.3) is 0 Å². The summed E-state index contributed by atoms with van der Waals surface area (Å²) in [6, 6.07) is 11.5. The maximum absolute atomic E-state index is 15.3. The molecular formula is C26H11BF5LiO6. The van der Waals surface area contributed by atoms with E-state index < -0.39 is 59.3 Å². The molecule has 190 valence electrons. The minimum Gasteiger partial charge on any atom is -0.610 e. The quantitative estimate of drug-likeness (QED) is 0.292. The third kappa shape index (κ3) is 4.41. The zero-order chi connectivity index (χ0) is 26.8. The first-order chi connectivity index (χ1) is 18.1. The van der Waals surface area contributed by atoms with Crippen LogP contribution in [0.2, 0.25) is 0 Å². The van der Waals surface area contributed by atoms with Gasteiger partial charge in [0.05, 0.1) is 17.1 Å². The van der Waals surface area contributed by atoms with Crippen molar-refractivity contribution in [2.75, 3.05) is 0 Å². The summed E-state index contributed by atoms with van der Waals surface area (Å²) in [7, 11) is 0. The average molecular weight is 532 g/mol. The smallest absolute Gasteiger partial charge is 0.610 e. The van der Waals surface area contributed by atoms with Crippen molar-refractivity contribution >= 4 is 18.9 Å². The normalized spacial score (nSPS) is 17.2. The van der Waals surface area contributed by atoms with Gasteiger partial charge in [-0.2, -0.15) is 0 Å². The van der Waals surface area contributed by atoms with Gasteiger partial charge in [-0.05, 0) is 54.1 Å². The largest absolute Gasteiger partial charge is 1.00 e. The molecule has 0 saturated carbocycles. The molecule has 0 N–H and O–H groups in total. The number of rotatable bonds is 2. The number of halogens is 5. The van der Waals surface area contributed by atoms with Crippen molar-refractivity contribution in [1.29, 1.82) is 0 Å². The van der Waals surface area contributed by atoms with Crippen LogP contribution in [0.3, 0.4) is 0 Å². The summed E-state index contributed by atoms with van der Waals surface area (Å²) in [6.07, 6.45) is 0. The van der Waals surface area contributed by atoms with Crippen molar-refractivity contribution in [1.82, 2.24) is 0 Å². The number of fused-ring (bicyclic) bond motifs is 2. The Hall–Kier alpha value is -4.27. The molecule has 1 spiro atoms. The van der Waals surface area contributed by atoms with E-state index in [4.69, 9.17) is 18.6 Å². The van der Waals surface area contributed by atoms with Crippen molar-refractivity contribution in [3.63, 3.8) is 0 Å². The van der Waals surface area contributed by atoms with E-state index in [-0.39, 0.29) is 52.4 Å². The van der Waals surface area contributed by atoms with Crippen molar-refractivity contribution in [2.24, 2.45) is 0 Å². The Morgan fingerprint density at radius 1 is 0.538 bits per heavy atom. The van der Waals surface area contributed by atoms with Gasteiger partial charge in [-0.15, -0.1) is 0 Å². The van der Waals surface area contributed by atoms with E-state index in [1.807, 2.05) is 0 Å². The van der Waals surface area contributed by atoms with Crippen LogP contribution in [-0.4, -0.2) is 18.9 Å². The van der Waals surface area contributed by atoms with Crippen molar-refractivity contribution < 1.29 is 69.0 Å². The molecule has 0 fully saturated rings. The third-order valence-electron chi connectivity index (χ3n) is 6.02. The molecule has 0 bridgehead atoms. The molecule has 2 aliphatic heterocycles. The molecule has 0 radical (unpaired) electrons. The van der Waals surface area contributed by atoms with E-state index in [9.17, 15) is 27.2 Å². The summed E-state index contributed by atoms with van der Waals surface area (Å²) in [5.41, 5.74) is -1.35. The Labute approximate surface area is 228 Å². The minimum atomic E-state index is -3.56. The summed E-state index contributed by atoms with van der Waals surface area (Å²) >= 11 is 0. The summed E-state index contributed by atoms with van der Waals surface area (Å²) in [6.45, 7) is -3.56. The minimum absolute atomic E-state index is 0. The van der Waals surface area contributed by atoms with E-state index in [1.165, 1.54) is 24.3 Å². The summed E-state index contributed by atoms with van der Waals surface area (Å²) in [5, 5.41) is 0. The molecule has 4 aromatic rings.